The molecule has 0 atom stereocenters. The SMILES string of the molecule is Brc1cc2c(cc1Sc1nc3cncn(CCc4ccccc4)c-3n1)OCO2. The number of hydrogen-bond donors (Lipinski definition) is 0. The van der Waals surface area contributed by atoms with Gasteiger partial charge in [0.05, 0.1) is 12.5 Å². The van der Waals surface area contributed by atoms with Crippen LogP contribution in [0, 0.1) is 0 Å². The van der Waals surface area contributed by atoms with Crippen LogP contribution in [0.2, 0.25) is 0 Å². The van der Waals surface area contributed by atoms with Crippen molar-refractivity contribution < 1.29 is 9.47 Å². The van der Waals surface area contributed by atoms with Gasteiger partial charge >= 0.3 is 0 Å². The molecule has 0 saturated heterocycles. The summed E-state index contributed by atoms with van der Waals surface area (Å²) in [6, 6.07) is 14.2. The summed E-state index contributed by atoms with van der Waals surface area (Å²) in [4.78, 5) is 14.7. The highest BCUT2D eigenvalue weighted by Crippen LogP contribution is 2.42. The Kier molecular flexibility index (Phi) is 4.66. The van der Waals surface area contributed by atoms with E-state index in [-0.39, 0.29) is 6.79 Å². The molecule has 6 nitrogen and oxygen atoms in total. The van der Waals surface area contributed by atoms with Gasteiger partial charge in [0.15, 0.2) is 22.5 Å². The topological polar surface area (TPSA) is 62.1 Å². The predicted octanol–water partition coefficient (Wildman–Crippen LogP) is 4.66. The first-order chi connectivity index (χ1) is 13.8. The molecule has 0 N–H and O–H groups in total. The van der Waals surface area contributed by atoms with Gasteiger partial charge in [-0.2, -0.15) is 0 Å². The average molecular weight is 455 g/mol. The molecule has 0 spiro atoms. The minimum absolute atomic E-state index is 0.250. The fourth-order valence-corrected chi connectivity index (χ4v) is 4.40. The molecule has 0 radical (unpaired) electrons. The third kappa shape index (κ3) is 3.45. The molecule has 0 aromatic heterocycles. The standard InChI is InChI=1S/C20H15BrN4O2S/c21-14-8-16-17(27-12-26-16)9-18(14)28-20-23-15-10-22-11-25(19(15)24-20)7-6-13-4-2-1-3-5-13/h1-5,8-11H,6-7,12H2. The van der Waals surface area contributed by atoms with E-state index in [9.17, 15) is 0 Å². The highest BCUT2D eigenvalue weighted by Gasteiger charge is 2.20. The highest BCUT2D eigenvalue weighted by atomic mass is 79.9. The van der Waals surface area contributed by atoms with Crippen molar-refractivity contribution in [1.29, 1.82) is 0 Å². The number of halogens is 1. The number of nitrogens with zero attached hydrogens (tertiary/aromatic N) is 4. The molecular formula is C20H15BrN4O2S. The zero-order valence-electron chi connectivity index (χ0n) is 14.7. The molecule has 3 heterocycles. The van der Waals surface area contributed by atoms with Crippen molar-refractivity contribution in [2.75, 3.05) is 6.79 Å². The maximum Gasteiger partial charge on any atom is 0.231 e. The fraction of sp³-hybridized carbons (Fsp3) is 0.150. The van der Waals surface area contributed by atoms with E-state index in [0.717, 1.165) is 45.4 Å². The van der Waals surface area contributed by atoms with Crippen LogP contribution in [0.3, 0.4) is 0 Å². The normalized spacial score (nSPS) is 12.6. The number of fused-ring (bicyclic) bond motifs is 2. The van der Waals surface area contributed by atoms with E-state index in [1.165, 1.54) is 17.3 Å². The van der Waals surface area contributed by atoms with E-state index in [0.29, 0.717) is 5.16 Å². The van der Waals surface area contributed by atoms with Crippen LogP contribution < -0.4 is 9.47 Å². The highest BCUT2D eigenvalue weighted by molar-refractivity contribution is 9.10. The first-order valence-corrected chi connectivity index (χ1v) is 10.4. The lowest BCUT2D eigenvalue weighted by molar-refractivity contribution is 0.174. The van der Waals surface area contributed by atoms with Crippen molar-refractivity contribution in [1.82, 2.24) is 19.5 Å². The summed E-state index contributed by atoms with van der Waals surface area (Å²) >= 11 is 5.07. The Morgan fingerprint density at radius 1 is 1.07 bits per heavy atom. The Morgan fingerprint density at radius 2 is 1.89 bits per heavy atom. The van der Waals surface area contributed by atoms with Gasteiger partial charge in [0, 0.05) is 15.9 Å². The van der Waals surface area contributed by atoms with Gasteiger partial charge < -0.3 is 14.0 Å². The third-order valence-electron chi connectivity index (χ3n) is 4.43. The van der Waals surface area contributed by atoms with Gasteiger partial charge in [0.25, 0.3) is 0 Å². The number of hydrogen-bond acceptors (Lipinski definition) is 6. The second-order valence-corrected chi connectivity index (χ2v) is 8.14. The van der Waals surface area contributed by atoms with Crippen molar-refractivity contribution in [2.24, 2.45) is 0 Å². The molecule has 8 heteroatoms. The molecule has 0 amide bonds. The maximum absolute atomic E-state index is 5.47. The van der Waals surface area contributed by atoms with Gasteiger partial charge in [0.2, 0.25) is 6.79 Å². The number of benzene rings is 2. The number of rotatable bonds is 5. The van der Waals surface area contributed by atoms with Crippen LogP contribution in [-0.4, -0.2) is 26.3 Å². The van der Waals surface area contributed by atoms with Gasteiger partial charge in [-0.1, -0.05) is 30.3 Å². The summed E-state index contributed by atoms with van der Waals surface area (Å²) in [5, 5.41) is 0.677. The smallest absolute Gasteiger partial charge is 0.231 e. The number of aromatic nitrogens is 4. The first kappa shape index (κ1) is 17.5. The lowest BCUT2D eigenvalue weighted by Gasteiger charge is -2.09. The Hall–Kier alpha value is -2.58. The van der Waals surface area contributed by atoms with E-state index in [1.54, 1.807) is 6.20 Å². The molecule has 2 aromatic rings. The van der Waals surface area contributed by atoms with Crippen molar-refractivity contribution in [3.63, 3.8) is 0 Å². The van der Waals surface area contributed by atoms with Crippen molar-refractivity contribution >= 4 is 27.7 Å². The fourth-order valence-electron chi connectivity index (χ4n) is 3.04. The molecule has 28 heavy (non-hydrogen) atoms. The van der Waals surface area contributed by atoms with E-state index < -0.39 is 0 Å². The monoisotopic (exact) mass is 454 g/mol. The van der Waals surface area contributed by atoms with Crippen LogP contribution in [-0.2, 0) is 13.0 Å². The summed E-state index contributed by atoms with van der Waals surface area (Å²) in [5.74, 6) is 2.32. The van der Waals surface area contributed by atoms with E-state index in [1.807, 2.05) is 29.1 Å². The summed E-state index contributed by atoms with van der Waals surface area (Å²) in [7, 11) is 0. The van der Waals surface area contributed by atoms with Gasteiger partial charge in [-0.05, 0) is 51.8 Å². The number of imidazole rings is 1. The zero-order valence-corrected chi connectivity index (χ0v) is 17.1. The molecular weight excluding hydrogens is 440 g/mol. The molecule has 5 rings (SSSR count). The quantitative estimate of drug-likeness (QED) is 0.436. The zero-order chi connectivity index (χ0) is 18.9. The molecule has 3 aliphatic rings. The second kappa shape index (κ2) is 7.44. The number of ether oxygens (including phenoxy) is 2. The lowest BCUT2D eigenvalue weighted by Crippen LogP contribution is -2.07. The van der Waals surface area contributed by atoms with E-state index in [2.05, 4.69) is 50.2 Å². The summed E-state index contributed by atoms with van der Waals surface area (Å²) in [6.07, 6.45) is 4.47. The van der Waals surface area contributed by atoms with E-state index in [4.69, 9.17) is 14.5 Å². The van der Waals surface area contributed by atoms with Crippen LogP contribution in [0.15, 0.2) is 69.5 Å². The van der Waals surface area contributed by atoms with Crippen molar-refractivity contribution in [3.05, 3.63) is 65.0 Å². The molecule has 0 bridgehead atoms. The van der Waals surface area contributed by atoms with Crippen LogP contribution in [0.1, 0.15) is 5.56 Å². The molecule has 0 saturated carbocycles. The van der Waals surface area contributed by atoms with E-state index >= 15 is 0 Å². The predicted molar refractivity (Wildman–Crippen MR) is 109 cm³/mol. The molecule has 0 fully saturated rings. The Bertz CT molecular complexity index is 1100. The van der Waals surface area contributed by atoms with Gasteiger partial charge in [-0.25, -0.2) is 15.0 Å². The minimum Gasteiger partial charge on any atom is -0.454 e. The largest absolute Gasteiger partial charge is 0.454 e. The Morgan fingerprint density at radius 3 is 2.75 bits per heavy atom. The molecule has 2 aromatic carbocycles. The third-order valence-corrected chi connectivity index (χ3v) is 6.28. The summed E-state index contributed by atoms with van der Waals surface area (Å²) in [6.45, 7) is 1.05. The van der Waals surface area contributed by atoms with Gasteiger partial charge in [-0.3, -0.25) is 0 Å². The molecule has 3 aliphatic heterocycles. The van der Waals surface area contributed by atoms with Gasteiger partial charge in [-0.15, -0.1) is 0 Å². The lowest BCUT2D eigenvalue weighted by atomic mass is 10.1. The summed E-state index contributed by atoms with van der Waals surface area (Å²) in [5.41, 5.74) is 2.07. The number of aryl methyl sites for hydroxylation is 2. The minimum atomic E-state index is 0.250. The first-order valence-electron chi connectivity index (χ1n) is 8.75. The van der Waals surface area contributed by atoms with Crippen LogP contribution >= 0.6 is 27.7 Å². The van der Waals surface area contributed by atoms with Crippen molar-refractivity contribution in [2.45, 2.75) is 23.0 Å². The molecule has 0 aliphatic carbocycles. The van der Waals surface area contributed by atoms with Crippen LogP contribution in [0.5, 0.6) is 11.5 Å². The van der Waals surface area contributed by atoms with Crippen LogP contribution in [0.25, 0.3) is 11.5 Å². The molecule has 0 unspecified atom stereocenters. The summed E-state index contributed by atoms with van der Waals surface area (Å²) < 4.78 is 13.9. The second-order valence-electron chi connectivity index (χ2n) is 6.28. The Balaban J connectivity index is 1.40. The Labute approximate surface area is 174 Å². The van der Waals surface area contributed by atoms with Gasteiger partial charge in [0.1, 0.15) is 5.69 Å². The maximum atomic E-state index is 5.47. The molecule has 140 valence electrons. The van der Waals surface area contributed by atoms with Crippen LogP contribution in [0.4, 0.5) is 0 Å². The van der Waals surface area contributed by atoms with Crippen molar-refractivity contribution in [3.8, 4) is 23.0 Å². The average Bonchev–Trinajstić information content (AvgIpc) is 3.33.